The van der Waals surface area contributed by atoms with Crippen molar-refractivity contribution in [2.24, 2.45) is 0 Å². The lowest BCUT2D eigenvalue weighted by Gasteiger charge is -2.43. The molecule has 1 amide bonds. The molecule has 166 valence electrons. The van der Waals surface area contributed by atoms with Crippen LogP contribution >= 0.6 is 0 Å². The lowest BCUT2D eigenvalue weighted by atomic mass is 10.0. The van der Waals surface area contributed by atoms with Crippen LogP contribution in [0.15, 0.2) is 10.6 Å². The summed E-state index contributed by atoms with van der Waals surface area (Å²) in [6.45, 7) is 3.51. The Morgan fingerprint density at radius 2 is 1.87 bits per heavy atom. The summed E-state index contributed by atoms with van der Waals surface area (Å²) in [4.78, 5) is 14.9. The number of likely N-dealkylation sites (N-methyl/N-ethyl adjacent to an activating group) is 1. The Kier molecular flexibility index (Phi) is 5.16. The molecule has 4 fully saturated rings. The SMILES string of the molecule is C[C@H]1C[C@@H](NC(=O)c2cc(C3CC3)on2)CCN1S(=O)(=O)N1CC2CCC(C1)N2C. The van der Waals surface area contributed by atoms with Gasteiger partial charge in [-0.3, -0.25) is 9.69 Å². The summed E-state index contributed by atoms with van der Waals surface area (Å²) in [7, 11) is -1.38. The number of piperazine rings is 1. The van der Waals surface area contributed by atoms with Crippen LogP contribution in [0, 0.1) is 0 Å². The maximum absolute atomic E-state index is 13.3. The topological polar surface area (TPSA) is 99.0 Å². The van der Waals surface area contributed by atoms with E-state index in [0.717, 1.165) is 31.4 Å². The molecule has 10 heteroatoms. The van der Waals surface area contributed by atoms with Crippen LogP contribution in [-0.4, -0.2) is 83.8 Å². The molecule has 0 aromatic carbocycles. The van der Waals surface area contributed by atoms with Gasteiger partial charge < -0.3 is 9.84 Å². The van der Waals surface area contributed by atoms with Gasteiger partial charge in [-0.25, -0.2) is 0 Å². The summed E-state index contributed by atoms with van der Waals surface area (Å²) in [6, 6.07) is 2.16. The lowest BCUT2D eigenvalue weighted by molar-refractivity contribution is 0.0900. The van der Waals surface area contributed by atoms with Gasteiger partial charge in [0, 0.05) is 55.8 Å². The number of hydrogen-bond acceptors (Lipinski definition) is 6. The van der Waals surface area contributed by atoms with E-state index in [1.54, 1.807) is 14.7 Å². The van der Waals surface area contributed by atoms with Crippen LogP contribution in [0.25, 0.3) is 0 Å². The first-order chi connectivity index (χ1) is 14.3. The van der Waals surface area contributed by atoms with Crippen molar-refractivity contribution >= 4 is 16.1 Å². The van der Waals surface area contributed by atoms with Gasteiger partial charge in [-0.2, -0.15) is 17.0 Å². The highest BCUT2D eigenvalue weighted by atomic mass is 32.2. The summed E-state index contributed by atoms with van der Waals surface area (Å²) < 4.78 is 35.2. The van der Waals surface area contributed by atoms with Crippen LogP contribution in [0.4, 0.5) is 0 Å². The van der Waals surface area contributed by atoms with Gasteiger partial charge in [0.05, 0.1) is 0 Å². The van der Waals surface area contributed by atoms with Gasteiger partial charge in [0.15, 0.2) is 5.69 Å². The predicted molar refractivity (Wildman–Crippen MR) is 110 cm³/mol. The second kappa shape index (κ2) is 7.58. The fourth-order valence-electron chi connectivity index (χ4n) is 5.25. The third kappa shape index (κ3) is 3.68. The molecule has 1 saturated carbocycles. The van der Waals surface area contributed by atoms with Gasteiger partial charge in [0.25, 0.3) is 16.1 Å². The molecule has 2 bridgehead atoms. The first kappa shape index (κ1) is 20.4. The van der Waals surface area contributed by atoms with Crippen molar-refractivity contribution in [2.75, 3.05) is 26.7 Å². The lowest BCUT2D eigenvalue weighted by Crippen LogP contribution is -2.60. The number of fused-ring (bicyclic) bond motifs is 2. The minimum Gasteiger partial charge on any atom is -0.360 e. The van der Waals surface area contributed by atoms with Gasteiger partial charge in [0.1, 0.15) is 5.76 Å². The molecule has 3 aliphatic heterocycles. The van der Waals surface area contributed by atoms with E-state index >= 15 is 0 Å². The quantitative estimate of drug-likeness (QED) is 0.742. The number of piperidine rings is 1. The average molecular weight is 438 g/mol. The molecule has 1 N–H and O–H groups in total. The monoisotopic (exact) mass is 437 g/mol. The Hall–Kier alpha value is -1.49. The zero-order valence-corrected chi connectivity index (χ0v) is 18.5. The minimum absolute atomic E-state index is 0.0660. The van der Waals surface area contributed by atoms with Gasteiger partial charge in [0.2, 0.25) is 0 Å². The van der Waals surface area contributed by atoms with Crippen LogP contribution in [-0.2, 0) is 10.2 Å². The van der Waals surface area contributed by atoms with E-state index in [1.165, 1.54) is 0 Å². The molecule has 5 rings (SSSR count). The largest absolute Gasteiger partial charge is 0.360 e. The number of hydrogen-bond donors (Lipinski definition) is 1. The van der Waals surface area contributed by atoms with Crippen molar-refractivity contribution in [1.82, 2.24) is 24.0 Å². The number of carbonyl (C=O) groups excluding carboxylic acids is 1. The van der Waals surface area contributed by atoms with E-state index in [9.17, 15) is 13.2 Å². The minimum atomic E-state index is -3.49. The number of aromatic nitrogens is 1. The van der Waals surface area contributed by atoms with Crippen LogP contribution in [0.5, 0.6) is 0 Å². The van der Waals surface area contributed by atoms with Gasteiger partial charge in [-0.15, -0.1) is 0 Å². The predicted octanol–water partition coefficient (Wildman–Crippen LogP) is 1.16. The summed E-state index contributed by atoms with van der Waals surface area (Å²) in [6.07, 6.45) is 5.52. The fourth-order valence-corrected chi connectivity index (χ4v) is 7.15. The number of nitrogens with zero attached hydrogens (tertiary/aromatic N) is 4. The first-order valence-electron chi connectivity index (χ1n) is 11.1. The summed E-state index contributed by atoms with van der Waals surface area (Å²) in [5.41, 5.74) is 0.313. The van der Waals surface area contributed by atoms with E-state index in [2.05, 4.69) is 22.4 Å². The number of rotatable bonds is 5. The average Bonchev–Trinajstić information content (AvgIpc) is 3.40. The van der Waals surface area contributed by atoms with Crippen LogP contribution in [0.3, 0.4) is 0 Å². The smallest absolute Gasteiger partial charge is 0.282 e. The second-order valence-corrected chi connectivity index (χ2v) is 11.3. The van der Waals surface area contributed by atoms with Gasteiger partial charge in [-0.05, 0) is 52.5 Å². The van der Waals surface area contributed by atoms with E-state index in [0.29, 0.717) is 56.2 Å². The van der Waals surface area contributed by atoms with Crippen molar-refractivity contribution in [3.63, 3.8) is 0 Å². The normalized spacial score (nSPS) is 33.7. The van der Waals surface area contributed by atoms with Crippen LogP contribution in [0.2, 0.25) is 0 Å². The molecule has 4 aliphatic rings. The zero-order valence-electron chi connectivity index (χ0n) is 17.7. The molecule has 4 heterocycles. The first-order valence-corrected chi connectivity index (χ1v) is 12.5. The molecule has 30 heavy (non-hydrogen) atoms. The van der Waals surface area contributed by atoms with Gasteiger partial charge in [-0.1, -0.05) is 5.16 Å². The highest BCUT2D eigenvalue weighted by Crippen LogP contribution is 2.40. The molecule has 2 unspecified atom stereocenters. The number of nitrogens with one attached hydrogen (secondary N) is 1. The Labute approximate surface area is 177 Å². The molecule has 4 atom stereocenters. The fraction of sp³-hybridized carbons (Fsp3) is 0.800. The molecular weight excluding hydrogens is 406 g/mol. The Balaban J connectivity index is 1.19. The molecule has 3 saturated heterocycles. The summed E-state index contributed by atoms with van der Waals surface area (Å²) >= 11 is 0. The maximum Gasteiger partial charge on any atom is 0.282 e. The number of amides is 1. The van der Waals surface area contributed by atoms with Crippen molar-refractivity contribution in [3.8, 4) is 0 Å². The van der Waals surface area contributed by atoms with Crippen molar-refractivity contribution in [3.05, 3.63) is 17.5 Å². The van der Waals surface area contributed by atoms with E-state index in [-0.39, 0.29) is 18.0 Å². The maximum atomic E-state index is 13.3. The summed E-state index contributed by atoms with van der Waals surface area (Å²) in [5.74, 6) is 0.961. The second-order valence-electron chi connectivity index (χ2n) is 9.42. The zero-order chi connectivity index (χ0) is 21.0. The van der Waals surface area contributed by atoms with Crippen LogP contribution < -0.4 is 5.32 Å². The Morgan fingerprint density at radius 1 is 1.17 bits per heavy atom. The Morgan fingerprint density at radius 3 is 2.50 bits per heavy atom. The van der Waals surface area contributed by atoms with Crippen LogP contribution in [0.1, 0.15) is 67.6 Å². The molecule has 1 aliphatic carbocycles. The van der Waals surface area contributed by atoms with E-state index in [4.69, 9.17) is 4.52 Å². The molecule has 1 aromatic heterocycles. The molecular formula is C20H31N5O4S. The van der Waals surface area contributed by atoms with Crippen molar-refractivity contribution < 1.29 is 17.7 Å². The highest BCUT2D eigenvalue weighted by molar-refractivity contribution is 7.86. The van der Waals surface area contributed by atoms with Crippen molar-refractivity contribution in [2.45, 2.75) is 75.5 Å². The van der Waals surface area contributed by atoms with Crippen molar-refractivity contribution in [1.29, 1.82) is 0 Å². The molecule has 1 aromatic rings. The molecule has 0 radical (unpaired) electrons. The Bertz CT molecular complexity index is 900. The number of carbonyl (C=O) groups is 1. The van der Waals surface area contributed by atoms with Gasteiger partial charge >= 0.3 is 0 Å². The highest BCUT2D eigenvalue weighted by Gasteiger charge is 2.45. The molecule has 0 spiro atoms. The van der Waals surface area contributed by atoms with E-state index in [1.807, 2.05) is 6.92 Å². The summed E-state index contributed by atoms with van der Waals surface area (Å²) in [5, 5.41) is 6.92. The van der Waals surface area contributed by atoms with E-state index < -0.39 is 10.2 Å². The molecule has 9 nitrogen and oxygen atoms in total. The third-order valence-corrected chi connectivity index (χ3v) is 9.41. The standard InChI is InChI=1S/C20H31N5O4S/c1-13-9-15(21-20(26)18-10-19(29-22-18)14-3-4-14)7-8-25(13)30(27,28)24-11-16-5-6-17(12-24)23(16)2/h10,13-17H,3-9,11-12H2,1-2H3,(H,21,26)/t13-,15-,16?,17?/m0/s1. The third-order valence-electron chi connectivity index (χ3n) is 7.33.